The minimum absolute atomic E-state index is 0.207. The number of hydrazone groups is 1. The Morgan fingerprint density at radius 1 is 0.949 bits per heavy atom. The van der Waals surface area contributed by atoms with E-state index in [0.717, 1.165) is 52.7 Å². The molecule has 0 unspecified atom stereocenters. The van der Waals surface area contributed by atoms with Gasteiger partial charge in [0.25, 0.3) is 5.91 Å². The average molecular weight is 584 g/mol. The molecule has 0 spiro atoms. The number of amides is 1. The second kappa shape index (κ2) is 12.6. The zero-order valence-corrected chi connectivity index (χ0v) is 24.2. The SMILES string of the molecule is Cc1cc(/C=N/NC(=O)c2ccc(CN3CCC(Cc4ccccc4)CC3)cc2)c(C)n1-c1ccc(Br)cc1. The maximum absolute atomic E-state index is 12.7. The molecule has 1 aliphatic rings. The number of nitrogens with zero attached hydrogens (tertiary/aromatic N) is 3. The van der Waals surface area contributed by atoms with E-state index in [-0.39, 0.29) is 5.91 Å². The van der Waals surface area contributed by atoms with Crippen LogP contribution in [0.5, 0.6) is 0 Å². The van der Waals surface area contributed by atoms with Gasteiger partial charge in [0.05, 0.1) is 6.21 Å². The van der Waals surface area contributed by atoms with Crippen LogP contribution < -0.4 is 5.43 Å². The van der Waals surface area contributed by atoms with Crippen LogP contribution in [0.1, 0.15) is 51.3 Å². The van der Waals surface area contributed by atoms with Crippen LogP contribution in [0.25, 0.3) is 5.69 Å². The lowest BCUT2D eigenvalue weighted by Crippen LogP contribution is -2.33. The number of carbonyl (C=O) groups is 1. The number of aryl methyl sites for hydroxylation is 1. The number of rotatable bonds is 8. The molecule has 1 saturated heterocycles. The number of aromatic nitrogens is 1. The van der Waals surface area contributed by atoms with Gasteiger partial charge >= 0.3 is 0 Å². The molecule has 3 aromatic carbocycles. The number of benzene rings is 3. The van der Waals surface area contributed by atoms with E-state index in [1.165, 1.54) is 30.4 Å². The summed E-state index contributed by atoms with van der Waals surface area (Å²) in [4.78, 5) is 15.2. The third-order valence-corrected chi connectivity index (χ3v) is 8.15. The molecule has 2 heterocycles. The summed E-state index contributed by atoms with van der Waals surface area (Å²) in [6.45, 7) is 7.29. The van der Waals surface area contributed by atoms with Crippen molar-refractivity contribution in [2.24, 2.45) is 11.0 Å². The van der Waals surface area contributed by atoms with E-state index in [2.05, 4.69) is 110 Å². The number of halogens is 1. The van der Waals surface area contributed by atoms with Crippen molar-refractivity contribution in [3.8, 4) is 5.69 Å². The summed E-state index contributed by atoms with van der Waals surface area (Å²) in [5, 5.41) is 4.24. The second-order valence-electron chi connectivity index (χ2n) is 10.4. The van der Waals surface area contributed by atoms with Crippen molar-refractivity contribution in [3.05, 3.63) is 123 Å². The molecule has 0 atom stereocenters. The molecule has 1 amide bonds. The number of likely N-dealkylation sites (tertiary alicyclic amines) is 1. The van der Waals surface area contributed by atoms with Crippen LogP contribution in [-0.4, -0.2) is 34.7 Å². The van der Waals surface area contributed by atoms with Gasteiger partial charge < -0.3 is 4.57 Å². The highest BCUT2D eigenvalue weighted by Crippen LogP contribution is 2.23. The van der Waals surface area contributed by atoms with Gasteiger partial charge in [-0.05, 0) is 106 Å². The Balaban J connectivity index is 1.11. The van der Waals surface area contributed by atoms with Gasteiger partial charge in [-0.15, -0.1) is 0 Å². The second-order valence-corrected chi connectivity index (χ2v) is 11.4. The van der Waals surface area contributed by atoms with Crippen LogP contribution in [0.15, 0.2) is 94.5 Å². The smallest absolute Gasteiger partial charge is 0.271 e. The van der Waals surface area contributed by atoms with E-state index in [9.17, 15) is 4.79 Å². The fourth-order valence-electron chi connectivity index (χ4n) is 5.45. The molecule has 1 aliphatic heterocycles. The quantitative estimate of drug-likeness (QED) is 0.178. The molecule has 0 radical (unpaired) electrons. The van der Waals surface area contributed by atoms with E-state index in [0.29, 0.717) is 5.56 Å². The maximum atomic E-state index is 12.7. The number of nitrogens with one attached hydrogen (secondary N) is 1. The van der Waals surface area contributed by atoms with Gasteiger partial charge in [0, 0.05) is 39.2 Å². The molecule has 39 heavy (non-hydrogen) atoms. The summed E-state index contributed by atoms with van der Waals surface area (Å²) < 4.78 is 3.23. The molecule has 0 aliphatic carbocycles. The molecule has 200 valence electrons. The van der Waals surface area contributed by atoms with Crippen molar-refractivity contribution in [2.75, 3.05) is 13.1 Å². The van der Waals surface area contributed by atoms with Crippen molar-refractivity contribution >= 4 is 28.1 Å². The van der Waals surface area contributed by atoms with Gasteiger partial charge in [0.15, 0.2) is 0 Å². The Morgan fingerprint density at radius 2 is 1.64 bits per heavy atom. The third kappa shape index (κ3) is 6.94. The highest BCUT2D eigenvalue weighted by Gasteiger charge is 2.19. The fraction of sp³-hybridized carbons (Fsp3) is 0.273. The highest BCUT2D eigenvalue weighted by molar-refractivity contribution is 9.10. The summed E-state index contributed by atoms with van der Waals surface area (Å²) in [5.41, 5.74) is 10.2. The highest BCUT2D eigenvalue weighted by atomic mass is 79.9. The summed E-state index contributed by atoms with van der Waals surface area (Å²) in [5.74, 6) is 0.559. The fourth-order valence-corrected chi connectivity index (χ4v) is 5.71. The molecule has 5 nitrogen and oxygen atoms in total. The average Bonchev–Trinajstić information content (AvgIpc) is 3.23. The largest absolute Gasteiger partial charge is 0.318 e. The number of hydrogen-bond acceptors (Lipinski definition) is 3. The minimum Gasteiger partial charge on any atom is -0.318 e. The molecule has 1 N–H and O–H groups in total. The van der Waals surface area contributed by atoms with E-state index in [1.807, 2.05) is 24.3 Å². The molecule has 1 aromatic heterocycles. The van der Waals surface area contributed by atoms with Crippen LogP contribution in [0, 0.1) is 19.8 Å². The third-order valence-electron chi connectivity index (χ3n) is 7.62. The van der Waals surface area contributed by atoms with Crippen LogP contribution in [0.2, 0.25) is 0 Å². The van der Waals surface area contributed by atoms with Gasteiger partial charge in [-0.25, -0.2) is 5.43 Å². The van der Waals surface area contributed by atoms with E-state index in [1.54, 1.807) is 6.21 Å². The first-order valence-corrected chi connectivity index (χ1v) is 14.4. The van der Waals surface area contributed by atoms with Crippen LogP contribution >= 0.6 is 15.9 Å². The van der Waals surface area contributed by atoms with E-state index in [4.69, 9.17) is 0 Å². The van der Waals surface area contributed by atoms with Crippen LogP contribution in [-0.2, 0) is 13.0 Å². The molecule has 1 fully saturated rings. The molecule has 0 bridgehead atoms. The molecular weight excluding hydrogens is 548 g/mol. The van der Waals surface area contributed by atoms with Crippen molar-refractivity contribution in [3.63, 3.8) is 0 Å². The summed E-state index contributed by atoms with van der Waals surface area (Å²) in [6.07, 6.45) is 5.36. The lowest BCUT2D eigenvalue weighted by Gasteiger charge is -2.32. The van der Waals surface area contributed by atoms with E-state index >= 15 is 0 Å². The zero-order valence-electron chi connectivity index (χ0n) is 22.6. The predicted octanol–water partition coefficient (Wildman–Crippen LogP) is 7.08. The summed E-state index contributed by atoms with van der Waals surface area (Å²) in [7, 11) is 0. The lowest BCUT2D eigenvalue weighted by molar-refractivity contribution is 0.0955. The zero-order chi connectivity index (χ0) is 27.2. The molecule has 6 heteroatoms. The number of hydrogen-bond donors (Lipinski definition) is 1. The first-order chi connectivity index (χ1) is 19.0. The van der Waals surface area contributed by atoms with E-state index < -0.39 is 0 Å². The molecule has 4 aromatic rings. The standard InChI is InChI=1S/C33H35BrN4O/c1-24-20-30(25(2)38(24)32-14-12-31(34)13-15-32)22-35-36-33(39)29-10-8-28(9-11-29)23-37-18-16-27(17-19-37)21-26-6-4-3-5-7-26/h3-15,20,22,27H,16-19,21,23H2,1-2H3,(H,36,39)/b35-22+. The normalized spacial score (nSPS) is 14.6. The molecule has 5 rings (SSSR count). The van der Waals surface area contributed by atoms with Crippen molar-refractivity contribution in [1.82, 2.24) is 14.9 Å². The molecular formula is C33H35BrN4O. The Bertz CT molecular complexity index is 1420. The van der Waals surface area contributed by atoms with Crippen molar-refractivity contribution in [2.45, 2.75) is 39.7 Å². The van der Waals surface area contributed by atoms with Crippen LogP contribution in [0.3, 0.4) is 0 Å². The summed E-state index contributed by atoms with van der Waals surface area (Å²) >= 11 is 3.49. The minimum atomic E-state index is -0.207. The first-order valence-electron chi connectivity index (χ1n) is 13.6. The van der Waals surface area contributed by atoms with Crippen molar-refractivity contribution < 1.29 is 4.79 Å². The van der Waals surface area contributed by atoms with Crippen LogP contribution in [0.4, 0.5) is 0 Å². The Labute approximate surface area is 239 Å². The number of carbonyl (C=O) groups excluding carboxylic acids is 1. The Kier molecular flexibility index (Phi) is 8.74. The van der Waals surface area contributed by atoms with Crippen molar-refractivity contribution in [1.29, 1.82) is 0 Å². The predicted molar refractivity (Wildman–Crippen MR) is 163 cm³/mol. The maximum Gasteiger partial charge on any atom is 0.271 e. The summed E-state index contributed by atoms with van der Waals surface area (Å²) in [6, 6.07) is 29.0. The van der Waals surface area contributed by atoms with Gasteiger partial charge in [0.1, 0.15) is 0 Å². The molecule has 0 saturated carbocycles. The monoisotopic (exact) mass is 582 g/mol. The Morgan fingerprint density at radius 3 is 2.33 bits per heavy atom. The number of piperidine rings is 1. The lowest BCUT2D eigenvalue weighted by atomic mass is 9.90. The topological polar surface area (TPSA) is 49.6 Å². The Hall–Kier alpha value is -3.48. The van der Waals surface area contributed by atoms with Gasteiger partial charge in [0.2, 0.25) is 0 Å². The van der Waals surface area contributed by atoms with Gasteiger partial charge in [-0.1, -0.05) is 58.4 Å². The van der Waals surface area contributed by atoms with Gasteiger partial charge in [-0.3, -0.25) is 9.69 Å². The van der Waals surface area contributed by atoms with Gasteiger partial charge in [-0.2, -0.15) is 5.10 Å². The first kappa shape index (κ1) is 27.1.